The molecule has 0 saturated carbocycles. The van der Waals surface area contributed by atoms with Crippen molar-refractivity contribution in [3.63, 3.8) is 0 Å². The van der Waals surface area contributed by atoms with Gasteiger partial charge in [-0.25, -0.2) is 4.98 Å². The van der Waals surface area contributed by atoms with E-state index >= 15 is 0 Å². The van der Waals surface area contributed by atoms with Crippen molar-refractivity contribution < 1.29 is 14.6 Å². The first-order chi connectivity index (χ1) is 8.61. The lowest BCUT2D eigenvalue weighted by Crippen LogP contribution is -2.21. The minimum Gasteiger partial charge on any atom is -0.497 e. The molecular weight excluding hydrogens is 236 g/mol. The smallest absolute Gasteiger partial charge is 0.305 e. The van der Waals surface area contributed by atoms with E-state index in [4.69, 9.17) is 9.84 Å². The molecule has 0 saturated heterocycles. The number of methoxy groups -OCH3 is 1. The molecule has 6 nitrogen and oxygen atoms in total. The highest BCUT2D eigenvalue weighted by atomic mass is 16.5. The van der Waals surface area contributed by atoms with Crippen LogP contribution in [0, 0.1) is 0 Å². The Morgan fingerprint density at radius 2 is 2.28 bits per heavy atom. The van der Waals surface area contributed by atoms with Crippen LogP contribution in [0.5, 0.6) is 5.75 Å². The molecule has 0 unspecified atom stereocenters. The van der Waals surface area contributed by atoms with Gasteiger partial charge in [-0.05, 0) is 18.2 Å². The number of carboxylic acid groups (broad SMARTS) is 1. The van der Waals surface area contributed by atoms with E-state index in [0.29, 0.717) is 16.7 Å². The summed E-state index contributed by atoms with van der Waals surface area (Å²) in [7, 11) is 1.51. The number of ether oxygens (including phenoxy) is 1. The fourth-order valence-electron chi connectivity index (χ4n) is 1.64. The summed E-state index contributed by atoms with van der Waals surface area (Å²) in [4.78, 5) is 26.7. The van der Waals surface area contributed by atoms with E-state index in [1.165, 1.54) is 18.0 Å². The maximum Gasteiger partial charge on any atom is 0.305 e. The fraction of sp³-hybridized carbons (Fsp3) is 0.250. The molecule has 0 atom stereocenters. The van der Waals surface area contributed by atoms with Gasteiger partial charge in [-0.3, -0.25) is 14.2 Å². The Labute approximate surface area is 102 Å². The summed E-state index contributed by atoms with van der Waals surface area (Å²) in [6.07, 6.45) is 1.25. The molecule has 2 aromatic rings. The molecular formula is C12H12N2O4. The number of benzene rings is 1. The van der Waals surface area contributed by atoms with Crippen LogP contribution in [0.15, 0.2) is 29.3 Å². The van der Waals surface area contributed by atoms with Gasteiger partial charge < -0.3 is 9.84 Å². The van der Waals surface area contributed by atoms with Gasteiger partial charge in [0.25, 0.3) is 5.56 Å². The van der Waals surface area contributed by atoms with E-state index < -0.39 is 5.97 Å². The number of fused-ring (bicyclic) bond motifs is 1. The summed E-state index contributed by atoms with van der Waals surface area (Å²) >= 11 is 0. The summed E-state index contributed by atoms with van der Waals surface area (Å²) in [5, 5.41) is 9.02. The van der Waals surface area contributed by atoms with Gasteiger partial charge in [0.15, 0.2) is 0 Å². The van der Waals surface area contributed by atoms with E-state index in [-0.39, 0.29) is 18.5 Å². The van der Waals surface area contributed by atoms with Gasteiger partial charge in [0.05, 0.1) is 30.8 Å². The van der Waals surface area contributed by atoms with Crippen molar-refractivity contribution >= 4 is 16.9 Å². The van der Waals surface area contributed by atoms with Gasteiger partial charge in [-0.15, -0.1) is 0 Å². The Kier molecular flexibility index (Phi) is 3.27. The second-order valence-electron chi connectivity index (χ2n) is 3.77. The van der Waals surface area contributed by atoms with Gasteiger partial charge in [0.2, 0.25) is 0 Å². The van der Waals surface area contributed by atoms with E-state index in [1.807, 2.05) is 0 Å². The molecule has 94 valence electrons. The molecule has 6 heteroatoms. The van der Waals surface area contributed by atoms with E-state index in [2.05, 4.69) is 4.98 Å². The highest BCUT2D eigenvalue weighted by molar-refractivity contribution is 5.78. The van der Waals surface area contributed by atoms with Gasteiger partial charge in [0, 0.05) is 6.54 Å². The first-order valence-electron chi connectivity index (χ1n) is 5.37. The molecule has 1 N–H and O–H groups in total. The normalized spacial score (nSPS) is 10.5. The topological polar surface area (TPSA) is 81.4 Å². The summed E-state index contributed by atoms with van der Waals surface area (Å²) in [5.41, 5.74) is 0.299. The second-order valence-corrected chi connectivity index (χ2v) is 3.77. The largest absolute Gasteiger partial charge is 0.497 e. The van der Waals surface area contributed by atoms with Crippen molar-refractivity contribution in [2.24, 2.45) is 0 Å². The van der Waals surface area contributed by atoms with Crippen LogP contribution < -0.4 is 10.3 Å². The van der Waals surface area contributed by atoms with Crippen molar-refractivity contribution in [2.75, 3.05) is 7.11 Å². The molecule has 0 bridgehead atoms. The molecule has 1 aromatic heterocycles. The number of aryl methyl sites for hydroxylation is 1. The predicted octanol–water partition coefficient (Wildman–Crippen LogP) is 0.880. The van der Waals surface area contributed by atoms with Crippen LogP contribution in [0.4, 0.5) is 0 Å². The van der Waals surface area contributed by atoms with Crippen molar-refractivity contribution in [2.45, 2.75) is 13.0 Å². The third-order valence-electron chi connectivity index (χ3n) is 2.60. The van der Waals surface area contributed by atoms with E-state index in [9.17, 15) is 9.59 Å². The standard InChI is InChI=1S/C12H12N2O4/c1-18-8-2-3-10-9(6-8)12(17)14(7-13-10)5-4-11(15)16/h2-3,6-7H,4-5H2,1H3,(H,15,16). The summed E-state index contributed by atoms with van der Waals surface area (Å²) < 4.78 is 6.33. The highest BCUT2D eigenvalue weighted by Gasteiger charge is 2.06. The van der Waals surface area contributed by atoms with Crippen LogP contribution in [0.2, 0.25) is 0 Å². The number of carboxylic acids is 1. The van der Waals surface area contributed by atoms with Gasteiger partial charge >= 0.3 is 5.97 Å². The first-order valence-corrected chi connectivity index (χ1v) is 5.37. The summed E-state index contributed by atoms with van der Waals surface area (Å²) in [5.74, 6) is -0.384. The maximum atomic E-state index is 12.1. The highest BCUT2D eigenvalue weighted by Crippen LogP contribution is 2.15. The minimum atomic E-state index is -0.951. The number of hydrogen-bond donors (Lipinski definition) is 1. The Hall–Kier alpha value is -2.37. The zero-order chi connectivity index (χ0) is 13.1. The molecule has 0 fully saturated rings. The fourth-order valence-corrected chi connectivity index (χ4v) is 1.64. The number of nitrogens with zero attached hydrogens (tertiary/aromatic N) is 2. The third kappa shape index (κ3) is 2.32. The summed E-state index contributed by atoms with van der Waals surface area (Å²) in [6.45, 7) is 0.105. The lowest BCUT2D eigenvalue weighted by atomic mass is 10.2. The number of carbonyl (C=O) groups is 1. The molecule has 0 aliphatic carbocycles. The van der Waals surface area contributed by atoms with Crippen LogP contribution in [-0.4, -0.2) is 27.7 Å². The average Bonchev–Trinajstić information content (AvgIpc) is 2.37. The van der Waals surface area contributed by atoms with Crippen LogP contribution >= 0.6 is 0 Å². The van der Waals surface area contributed by atoms with Crippen LogP contribution in [0.3, 0.4) is 0 Å². The Bertz CT molecular complexity index is 648. The predicted molar refractivity (Wildman–Crippen MR) is 64.8 cm³/mol. The lowest BCUT2D eigenvalue weighted by molar-refractivity contribution is -0.137. The van der Waals surface area contributed by atoms with Gasteiger partial charge in [-0.2, -0.15) is 0 Å². The molecule has 1 heterocycles. The van der Waals surface area contributed by atoms with Gasteiger partial charge in [0.1, 0.15) is 5.75 Å². The van der Waals surface area contributed by atoms with Crippen LogP contribution in [-0.2, 0) is 11.3 Å². The van der Waals surface area contributed by atoms with Crippen molar-refractivity contribution in [1.82, 2.24) is 9.55 Å². The van der Waals surface area contributed by atoms with Crippen molar-refractivity contribution in [3.05, 3.63) is 34.9 Å². The lowest BCUT2D eigenvalue weighted by Gasteiger charge is -2.06. The molecule has 2 rings (SSSR count). The zero-order valence-electron chi connectivity index (χ0n) is 9.79. The Morgan fingerprint density at radius 1 is 1.50 bits per heavy atom. The average molecular weight is 248 g/mol. The zero-order valence-corrected chi connectivity index (χ0v) is 9.79. The summed E-state index contributed by atoms with van der Waals surface area (Å²) in [6, 6.07) is 5.01. The van der Waals surface area contributed by atoms with E-state index in [1.54, 1.807) is 18.2 Å². The Balaban J connectivity index is 2.48. The number of hydrogen-bond acceptors (Lipinski definition) is 4. The molecule has 18 heavy (non-hydrogen) atoms. The van der Waals surface area contributed by atoms with Crippen molar-refractivity contribution in [1.29, 1.82) is 0 Å². The second kappa shape index (κ2) is 4.87. The number of aliphatic carboxylic acids is 1. The monoisotopic (exact) mass is 248 g/mol. The molecule has 0 aliphatic rings. The van der Waals surface area contributed by atoms with Crippen LogP contribution in [0.25, 0.3) is 10.9 Å². The number of aromatic nitrogens is 2. The molecule has 1 aromatic carbocycles. The van der Waals surface area contributed by atoms with E-state index in [0.717, 1.165) is 0 Å². The third-order valence-corrected chi connectivity index (χ3v) is 2.60. The van der Waals surface area contributed by atoms with Crippen molar-refractivity contribution in [3.8, 4) is 5.75 Å². The molecule has 0 aliphatic heterocycles. The number of rotatable bonds is 4. The molecule has 0 amide bonds. The SMILES string of the molecule is COc1ccc2ncn(CCC(=O)O)c(=O)c2c1. The van der Waals surface area contributed by atoms with Gasteiger partial charge in [-0.1, -0.05) is 0 Å². The minimum absolute atomic E-state index is 0.105. The first kappa shape index (κ1) is 12.1. The molecule has 0 radical (unpaired) electrons. The maximum absolute atomic E-state index is 12.1. The Morgan fingerprint density at radius 3 is 2.94 bits per heavy atom. The quantitative estimate of drug-likeness (QED) is 0.868. The van der Waals surface area contributed by atoms with Crippen LogP contribution in [0.1, 0.15) is 6.42 Å². The molecule has 0 spiro atoms.